The van der Waals surface area contributed by atoms with Crippen LogP contribution in [0.25, 0.3) is 0 Å². The van der Waals surface area contributed by atoms with Gasteiger partial charge in [0.25, 0.3) is 0 Å². The Morgan fingerprint density at radius 3 is 2.17 bits per heavy atom. The number of hydrogen-bond donors (Lipinski definition) is 1. The van der Waals surface area contributed by atoms with E-state index in [-0.39, 0.29) is 12.2 Å². The molecule has 1 aromatic rings. The number of ketones is 1. The van der Waals surface area contributed by atoms with Gasteiger partial charge in [0.2, 0.25) is 0 Å². The zero-order chi connectivity index (χ0) is 13.8. The molecule has 0 radical (unpaired) electrons. The van der Waals surface area contributed by atoms with E-state index in [9.17, 15) is 14.7 Å². The van der Waals surface area contributed by atoms with Crippen LogP contribution in [0.4, 0.5) is 0 Å². The van der Waals surface area contributed by atoms with Gasteiger partial charge in [0.1, 0.15) is 5.78 Å². The van der Waals surface area contributed by atoms with Crippen LogP contribution in [0.5, 0.6) is 0 Å². The Morgan fingerprint density at radius 1 is 1.17 bits per heavy atom. The van der Waals surface area contributed by atoms with Crippen LogP contribution in [-0.2, 0) is 16.0 Å². The molecular weight excluding hydrogens is 228 g/mol. The van der Waals surface area contributed by atoms with Crippen LogP contribution in [0.1, 0.15) is 32.8 Å². The Labute approximate surface area is 108 Å². The predicted octanol–water partition coefficient (Wildman–Crippen LogP) is 2.94. The maximum Gasteiger partial charge on any atom is 0.307 e. The molecule has 0 aliphatic rings. The van der Waals surface area contributed by atoms with E-state index in [4.69, 9.17) is 0 Å². The molecule has 1 rings (SSSR count). The number of hydrogen-bond acceptors (Lipinski definition) is 2. The standard InChI is InChI=1S/C15H20O3/c1-15(2,3)13(16)10-12(14(17)18)9-11-7-5-4-6-8-11/h4-8,12H,9-10H2,1-3H3,(H,17,18). The summed E-state index contributed by atoms with van der Waals surface area (Å²) in [7, 11) is 0. The van der Waals surface area contributed by atoms with Gasteiger partial charge < -0.3 is 5.11 Å². The fraction of sp³-hybridized carbons (Fsp3) is 0.467. The van der Waals surface area contributed by atoms with Crippen LogP contribution in [0.15, 0.2) is 30.3 Å². The highest BCUT2D eigenvalue weighted by Gasteiger charge is 2.28. The second-order valence-corrected chi connectivity index (χ2v) is 5.60. The van der Waals surface area contributed by atoms with Gasteiger partial charge in [-0.3, -0.25) is 9.59 Å². The van der Waals surface area contributed by atoms with E-state index in [0.717, 1.165) is 5.56 Å². The molecule has 0 aliphatic heterocycles. The highest BCUT2D eigenvalue weighted by atomic mass is 16.4. The summed E-state index contributed by atoms with van der Waals surface area (Å²) in [5.41, 5.74) is 0.469. The largest absolute Gasteiger partial charge is 0.481 e. The van der Waals surface area contributed by atoms with E-state index in [1.54, 1.807) is 0 Å². The normalized spacial score (nSPS) is 13.1. The van der Waals surface area contributed by atoms with Crippen molar-refractivity contribution in [2.75, 3.05) is 0 Å². The van der Waals surface area contributed by atoms with Crippen molar-refractivity contribution in [2.45, 2.75) is 33.6 Å². The van der Waals surface area contributed by atoms with Crippen molar-refractivity contribution >= 4 is 11.8 Å². The van der Waals surface area contributed by atoms with Gasteiger partial charge in [-0.15, -0.1) is 0 Å². The molecule has 1 aromatic carbocycles. The van der Waals surface area contributed by atoms with Crippen LogP contribution < -0.4 is 0 Å². The zero-order valence-electron chi connectivity index (χ0n) is 11.1. The summed E-state index contributed by atoms with van der Waals surface area (Å²) < 4.78 is 0. The van der Waals surface area contributed by atoms with Gasteiger partial charge in [-0.05, 0) is 12.0 Å². The third kappa shape index (κ3) is 4.32. The molecule has 0 spiro atoms. The summed E-state index contributed by atoms with van der Waals surface area (Å²) in [5.74, 6) is -1.55. The van der Waals surface area contributed by atoms with E-state index in [0.29, 0.717) is 6.42 Å². The number of Topliss-reactive ketones (excluding diaryl/α,β-unsaturated/α-hetero) is 1. The minimum absolute atomic E-state index is 0.00849. The number of carboxylic acids is 1. The van der Waals surface area contributed by atoms with Crippen molar-refractivity contribution in [1.82, 2.24) is 0 Å². The third-order valence-corrected chi connectivity index (χ3v) is 2.94. The molecule has 0 bridgehead atoms. The number of benzene rings is 1. The molecular formula is C15H20O3. The van der Waals surface area contributed by atoms with E-state index >= 15 is 0 Å². The summed E-state index contributed by atoms with van der Waals surface area (Å²) in [6, 6.07) is 9.41. The maximum absolute atomic E-state index is 11.9. The summed E-state index contributed by atoms with van der Waals surface area (Å²) in [5, 5.41) is 9.20. The first kappa shape index (κ1) is 14.4. The first-order chi connectivity index (χ1) is 8.30. The van der Waals surface area contributed by atoms with Gasteiger partial charge in [0, 0.05) is 11.8 Å². The lowest BCUT2D eigenvalue weighted by molar-refractivity contribution is -0.144. The van der Waals surface area contributed by atoms with Crippen LogP contribution in [0.3, 0.4) is 0 Å². The summed E-state index contributed by atoms with van der Waals surface area (Å²) in [6.07, 6.45) is 0.492. The Kier molecular flexibility index (Phi) is 4.65. The van der Waals surface area contributed by atoms with Gasteiger partial charge >= 0.3 is 5.97 Å². The van der Waals surface area contributed by atoms with Crippen molar-refractivity contribution < 1.29 is 14.7 Å². The van der Waals surface area contributed by atoms with Gasteiger partial charge in [-0.2, -0.15) is 0 Å². The molecule has 3 nitrogen and oxygen atoms in total. The fourth-order valence-electron chi connectivity index (χ4n) is 1.68. The molecule has 0 saturated carbocycles. The van der Waals surface area contributed by atoms with Crippen LogP contribution in [0.2, 0.25) is 0 Å². The van der Waals surface area contributed by atoms with Gasteiger partial charge in [-0.1, -0.05) is 51.1 Å². The Bertz CT molecular complexity index is 415. The molecule has 1 unspecified atom stereocenters. The highest BCUT2D eigenvalue weighted by molar-refractivity contribution is 5.87. The molecule has 0 aromatic heterocycles. The second kappa shape index (κ2) is 5.80. The van der Waals surface area contributed by atoms with E-state index in [2.05, 4.69) is 0 Å². The summed E-state index contributed by atoms with van der Waals surface area (Å²) >= 11 is 0. The van der Waals surface area contributed by atoms with Crippen molar-refractivity contribution in [2.24, 2.45) is 11.3 Å². The maximum atomic E-state index is 11.9. The minimum Gasteiger partial charge on any atom is -0.481 e. The smallest absolute Gasteiger partial charge is 0.307 e. The van der Waals surface area contributed by atoms with Gasteiger partial charge in [0.15, 0.2) is 0 Å². The van der Waals surface area contributed by atoms with E-state index in [1.165, 1.54) is 0 Å². The lowest BCUT2D eigenvalue weighted by Crippen LogP contribution is -2.27. The van der Waals surface area contributed by atoms with E-state index < -0.39 is 17.3 Å². The van der Waals surface area contributed by atoms with Crippen LogP contribution in [-0.4, -0.2) is 16.9 Å². The molecule has 0 saturated heterocycles. The molecule has 18 heavy (non-hydrogen) atoms. The van der Waals surface area contributed by atoms with Crippen molar-refractivity contribution in [3.63, 3.8) is 0 Å². The van der Waals surface area contributed by atoms with Crippen LogP contribution in [0, 0.1) is 11.3 Å². The second-order valence-electron chi connectivity index (χ2n) is 5.60. The molecule has 3 heteroatoms. The van der Waals surface area contributed by atoms with Gasteiger partial charge in [0.05, 0.1) is 5.92 Å². The molecule has 98 valence electrons. The molecule has 0 heterocycles. The average molecular weight is 248 g/mol. The van der Waals surface area contributed by atoms with Crippen molar-refractivity contribution in [3.8, 4) is 0 Å². The SMILES string of the molecule is CC(C)(C)C(=O)CC(Cc1ccccc1)C(=O)O. The quantitative estimate of drug-likeness (QED) is 0.871. The van der Waals surface area contributed by atoms with Crippen LogP contribution >= 0.6 is 0 Å². The Balaban J connectivity index is 2.73. The minimum atomic E-state index is -0.906. The fourth-order valence-corrected chi connectivity index (χ4v) is 1.68. The molecule has 0 amide bonds. The highest BCUT2D eigenvalue weighted by Crippen LogP contribution is 2.22. The van der Waals surface area contributed by atoms with Crippen molar-refractivity contribution in [1.29, 1.82) is 0 Å². The summed E-state index contributed by atoms with van der Waals surface area (Å²) in [6.45, 7) is 5.45. The Hall–Kier alpha value is -1.64. The predicted molar refractivity (Wildman–Crippen MR) is 70.4 cm³/mol. The topological polar surface area (TPSA) is 54.4 Å². The monoisotopic (exact) mass is 248 g/mol. The zero-order valence-corrected chi connectivity index (χ0v) is 11.1. The first-order valence-corrected chi connectivity index (χ1v) is 6.10. The van der Waals surface area contributed by atoms with Gasteiger partial charge in [-0.25, -0.2) is 0 Å². The first-order valence-electron chi connectivity index (χ1n) is 6.10. The third-order valence-electron chi connectivity index (χ3n) is 2.94. The number of carbonyl (C=O) groups excluding carboxylic acids is 1. The molecule has 0 fully saturated rings. The molecule has 1 N–H and O–H groups in total. The molecule has 0 aliphatic carbocycles. The van der Waals surface area contributed by atoms with Crippen molar-refractivity contribution in [3.05, 3.63) is 35.9 Å². The Morgan fingerprint density at radius 2 is 1.72 bits per heavy atom. The lowest BCUT2D eigenvalue weighted by atomic mass is 9.83. The number of carboxylic acid groups (broad SMARTS) is 1. The molecule has 1 atom stereocenters. The number of carbonyl (C=O) groups is 2. The lowest BCUT2D eigenvalue weighted by Gasteiger charge is -2.19. The number of rotatable bonds is 5. The number of aliphatic carboxylic acids is 1. The average Bonchev–Trinajstić information content (AvgIpc) is 2.28. The van der Waals surface area contributed by atoms with E-state index in [1.807, 2.05) is 51.1 Å². The summed E-state index contributed by atoms with van der Waals surface area (Å²) in [4.78, 5) is 23.1.